The van der Waals surface area contributed by atoms with Gasteiger partial charge in [0.05, 0.1) is 23.0 Å². The number of benzene rings is 3. The summed E-state index contributed by atoms with van der Waals surface area (Å²) < 4.78 is 6.18. The van der Waals surface area contributed by atoms with Gasteiger partial charge >= 0.3 is 17.8 Å². The highest BCUT2D eigenvalue weighted by Crippen LogP contribution is 2.20. The molecule has 0 unspecified atom stereocenters. The molecule has 1 saturated carbocycles. The number of esters is 1. The molecule has 1 fully saturated rings. The number of halogens is 1. The molecule has 200 valence electrons. The molecular formula is C29H27IN4O5. The van der Waals surface area contributed by atoms with Crippen molar-refractivity contribution in [2.24, 2.45) is 5.10 Å². The summed E-state index contributed by atoms with van der Waals surface area (Å²) in [6, 6.07) is 20.3. The second kappa shape index (κ2) is 13.7. The summed E-state index contributed by atoms with van der Waals surface area (Å²) in [5.74, 6) is -2.34. The van der Waals surface area contributed by atoms with E-state index in [0.29, 0.717) is 16.9 Å². The minimum Gasteiger partial charge on any atom is -0.423 e. The maximum absolute atomic E-state index is 12.8. The van der Waals surface area contributed by atoms with Crippen LogP contribution in [0.5, 0.6) is 5.75 Å². The maximum Gasteiger partial charge on any atom is 0.344 e. The Balaban J connectivity index is 1.29. The van der Waals surface area contributed by atoms with Crippen LogP contribution >= 0.6 is 22.6 Å². The molecule has 0 saturated heterocycles. The number of anilines is 1. The summed E-state index contributed by atoms with van der Waals surface area (Å²) in [6.07, 6.45) is 6.54. The first-order valence-electron chi connectivity index (χ1n) is 12.5. The number of carbonyl (C=O) groups is 4. The molecule has 3 aromatic rings. The lowest BCUT2D eigenvalue weighted by Gasteiger charge is -2.23. The number of hydrogen-bond acceptors (Lipinski definition) is 6. The van der Waals surface area contributed by atoms with Crippen LogP contribution in [0.4, 0.5) is 5.69 Å². The molecule has 0 aliphatic heterocycles. The third kappa shape index (κ3) is 7.96. The van der Waals surface area contributed by atoms with Crippen LogP contribution < -0.4 is 20.8 Å². The average Bonchev–Trinajstić information content (AvgIpc) is 2.95. The van der Waals surface area contributed by atoms with E-state index < -0.39 is 17.8 Å². The van der Waals surface area contributed by atoms with Gasteiger partial charge in [0.15, 0.2) is 0 Å². The molecule has 1 aliphatic carbocycles. The minimum absolute atomic E-state index is 0.112. The molecule has 10 heteroatoms. The number of rotatable bonds is 7. The van der Waals surface area contributed by atoms with Crippen molar-refractivity contribution < 1.29 is 23.9 Å². The Morgan fingerprint density at radius 1 is 0.821 bits per heavy atom. The number of nitrogens with zero attached hydrogens (tertiary/aromatic N) is 1. The van der Waals surface area contributed by atoms with Crippen molar-refractivity contribution in [2.45, 2.75) is 38.1 Å². The van der Waals surface area contributed by atoms with E-state index in [-0.39, 0.29) is 23.2 Å². The lowest BCUT2D eigenvalue weighted by molar-refractivity contribution is -0.136. The van der Waals surface area contributed by atoms with Crippen molar-refractivity contribution in [1.82, 2.24) is 10.7 Å². The third-order valence-corrected chi connectivity index (χ3v) is 7.07. The van der Waals surface area contributed by atoms with Crippen LogP contribution in [-0.2, 0) is 9.59 Å². The SMILES string of the molecule is O=C(N/N=C\c1ccc(OC(=O)c2ccccc2I)cc1)C(=O)Nc1ccccc1C(=O)NC1CCCCC1. The third-order valence-electron chi connectivity index (χ3n) is 6.13. The first-order valence-corrected chi connectivity index (χ1v) is 13.6. The largest absolute Gasteiger partial charge is 0.423 e. The van der Waals surface area contributed by atoms with Gasteiger partial charge in [0.2, 0.25) is 0 Å². The van der Waals surface area contributed by atoms with Crippen molar-refractivity contribution in [3.63, 3.8) is 0 Å². The number of hydrogen-bond donors (Lipinski definition) is 3. The van der Waals surface area contributed by atoms with Crippen LogP contribution in [-0.4, -0.2) is 35.9 Å². The molecule has 0 heterocycles. The van der Waals surface area contributed by atoms with Gasteiger partial charge in [-0.3, -0.25) is 14.4 Å². The van der Waals surface area contributed by atoms with E-state index in [0.717, 1.165) is 29.3 Å². The Hall–Kier alpha value is -4.06. The van der Waals surface area contributed by atoms with Crippen LogP contribution in [0.25, 0.3) is 0 Å². The highest BCUT2D eigenvalue weighted by atomic mass is 127. The summed E-state index contributed by atoms with van der Waals surface area (Å²) in [5, 5.41) is 9.31. The van der Waals surface area contributed by atoms with Crippen LogP contribution in [0.3, 0.4) is 0 Å². The van der Waals surface area contributed by atoms with E-state index in [1.807, 2.05) is 12.1 Å². The van der Waals surface area contributed by atoms with Gasteiger partial charge in [-0.1, -0.05) is 43.5 Å². The number of hydrazone groups is 1. The molecule has 3 aromatic carbocycles. The lowest BCUT2D eigenvalue weighted by atomic mass is 9.95. The Kier molecular flexibility index (Phi) is 9.79. The van der Waals surface area contributed by atoms with Gasteiger partial charge in [0, 0.05) is 9.61 Å². The zero-order valence-electron chi connectivity index (χ0n) is 21.0. The molecule has 4 rings (SSSR count). The summed E-state index contributed by atoms with van der Waals surface area (Å²) in [7, 11) is 0. The fourth-order valence-corrected chi connectivity index (χ4v) is 4.71. The summed E-state index contributed by atoms with van der Waals surface area (Å²) in [4.78, 5) is 49.8. The standard InChI is InChI=1S/C29H27IN4O5/c30-24-12-6-4-10-22(24)29(38)39-21-16-14-19(15-17-21)18-31-34-28(37)27(36)33-25-13-7-5-11-23(25)26(35)32-20-8-2-1-3-9-20/h4-7,10-18,20H,1-3,8-9H2,(H,32,35)(H,33,36)(H,34,37)/b31-18-. The monoisotopic (exact) mass is 638 g/mol. The van der Waals surface area contributed by atoms with Gasteiger partial charge in [0.1, 0.15) is 5.75 Å². The number of nitrogens with one attached hydrogen (secondary N) is 3. The van der Waals surface area contributed by atoms with Gasteiger partial charge in [-0.05, 0) is 89.5 Å². The van der Waals surface area contributed by atoms with Crippen LogP contribution in [0, 0.1) is 3.57 Å². The van der Waals surface area contributed by atoms with Gasteiger partial charge in [-0.2, -0.15) is 5.10 Å². The fourth-order valence-electron chi connectivity index (χ4n) is 4.11. The van der Waals surface area contributed by atoms with E-state index in [2.05, 4.69) is 43.8 Å². The Morgan fingerprint density at radius 3 is 2.21 bits per heavy atom. The van der Waals surface area contributed by atoms with E-state index in [4.69, 9.17) is 4.74 Å². The molecule has 0 aromatic heterocycles. The number of para-hydroxylation sites is 1. The van der Waals surface area contributed by atoms with Gasteiger partial charge < -0.3 is 15.4 Å². The molecule has 0 spiro atoms. The summed E-state index contributed by atoms with van der Waals surface area (Å²) in [6.45, 7) is 0. The van der Waals surface area contributed by atoms with Crippen LogP contribution in [0.1, 0.15) is 58.4 Å². The average molecular weight is 638 g/mol. The molecule has 39 heavy (non-hydrogen) atoms. The maximum atomic E-state index is 12.8. The second-order valence-electron chi connectivity index (χ2n) is 8.95. The topological polar surface area (TPSA) is 126 Å². The van der Waals surface area contributed by atoms with Crippen molar-refractivity contribution >= 4 is 58.2 Å². The van der Waals surface area contributed by atoms with Crippen molar-refractivity contribution in [1.29, 1.82) is 0 Å². The van der Waals surface area contributed by atoms with E-state index in [1.165, 1.54) is 12.6 Å². The quantitative estimate of drug-likeness (QED) is 0.0867. The number of ether oxygens (including phenoxy) is 1. The van der Waals surface area contributed by atoms with E-state index in [9.17, 15) is 19.2 Å². The predicted octanol–water partition coefficient (Wildman–Crippen LogP) is 4.66. The highest BCUT2D eigenvalue weighted by Gasteiger charge is 2.21. The predicted molar refractivity (Wildman–Crippen MR) is 156 cm³/mol. The first kappa shape index (κ1) is 28.0. The van der Waals surface area contributed by atoms with E-state index in [1.54, 1.807) is 60.7 Å². The molecule has 9 nitrogen and oxygen atoms in total. The normalized spacial score (nSPS) is 13.5. The minimum atomic E-state index is -0.989. The lowest BCUT2D eigenvalue weighted by Crippen LogP contribution is -2.37. The van der Waals surface area contributed by atoms with Gasteiger partial charge in [-0.15, -0.1) is 0 Å². The Bertz CT molecular complexity index is 1380. The molecule has 0 atom stereocenters. The van der Waals surface area contributed by atoms with Crippen LogP contribution in [0.2, 0.25) is 0 Å². The second-order valence-corrected chi connectivity index (χ2v) is 10.1. The molecule has 3 amide bonds. The Labute approximate surface area is 239 Å². The smallest absolute Gasteiger partial charge is 0.344 e. The molecule has 1 aliphatic rings. The highest BCUT2D eigenvalue weighted by molar-refractivity contribution is 14.1. The molecule has 0 radical (unpaired) electrons. The van der Waals surface area contributed by atoms with Gasteiger partial charge in [-0.25, -0.2) is 10.2 Å². The first-order chi connectivity index (χ1) is 18.9. The summed E-state index contributed by atoms with van der Waals surface area (Å²) >= 11 is 2.07. The molecular weight excluding hydrogens is 611 g/mol. The van der Waals surface area contributed by atoms with Crippen molar-refractivity contribution in [3.8, 4) is 5.75 Å². The van der Waals surface area contributed by atoms with Crippen molar-refractivity contribution in [2.75, 3.05) is 5.32 Å². The van der Waals surface area contributed by atoms with E-state index >= 15 is 0 Å². The fraction of sp³-hybridized carbons (Fsp3) is 0.207. The molecule has 3 N–H and O–H groups in total. The zero-order valence-corrected chi connectivity index (χ0v) is 23.1. The van der Waals surface area contributed by atoms with Crippen molar-refractivity contribution in [3.05, 3.63) is 93.1 Å². The number of amides is 3. The molecule has 0 bridgehead atoms. The van der Waals surface area contributed by atoms with Crippen LogP contribution in [0.15, 0.2) is 77.9 Å². The number of carbonyl (C=O) groups excluding carboxylic acids is 4. The summed E-state index contributed by atoms with van der Waals surface area (Å²) in [5.41, 5.74) is 3.78. The Morgan fingerprint density at radius 2 is 1.49 bits per heavy atom. The zero-order chi connectivity index (χ0) is 27.6. The van der Waals surface area contributed by atoms with Gasteiger partial charge in [0.25, 0.3) is 5.91 Å².